The Morgan fingerprint density at radius 2 is 2.13 bits per heavy atom. The van der Waals surface area contributed by atoms with Gasteiger partial charge in [0.15, 0.2) is 0 Å². The zero-order chi connectivity index (χ0) is 10.7. The van der Waals surface area contributed by atoms with Crippen LogP contribution < -0.4 is 5.32 Å². The smallest absolute Gasteiger partial charge is 0.0192 e. The van der Waals surface area contributed by atoms with Crippen LogP contribution in [0.5, 0.6) is 0 Å². The Morgan fingerprint density at radius 1 is 1.33 bits per heavy atom. The monoisotopic (exact) mass is 210 g/mol. The Hall–Kier alpha value is -0.0800. The Morgan fingerprint density at radius 3 is 2.67 bits per heavy atom. The first-order valence-corrected chi connectivity index (χ1v) is 6.74. The minimum atomic E-state index is 0.704. The lowest BCUT2D eigenvalue weighted by Crippen LogP contribution is -2.54. The van der Waals surface area contributed by atoms with Crippen LogP contribution in [0.2, 0.25) is 0 Å². The Balaban J connectivity index is 1.82. The van der Waals surface area contributed by atoms with Crippen LogP contribution >= 0.6 is 0 Å². The number of hydrogen-bond acceptors (Lipinski definition) is 2. The van der Waals surface area contributed by atoms with Crippen molar-refractivity contribution in [3.63, 3.8) is 0 Å². The van der Waals surface area contributed by atoms with Crippen LogP contribution in [0.15, 0.2) is 0 Å². The van der Waals surface area contributed by atoms with E-state index in [4.69, 9.17) is 0 Å². The highest BCUT2D eigenvalue weighted by molar-refractivity contribution is 4.91. The van der Waals surface area contributed by atoms with E-state index in [1.54, 1.807) is 0 Å². The molecule has 0 amide bonds. The van der Waals surface area contributed by atoms with E-state index < -0.39 is 0 Å². The first-order valence-electron chi connectivity index (χ1n) is 6.74. The van der Waals surface area contributed by atoms with Crippen molar-refractivity contribution in [2.75, 3.05) is 26.2 Å². The van der Waals surface area contributed by atoms with Crippen LogP contribution in [-0.4, -0.2) is 37.1 Å². The average Bonchev–Trinajstić information content (AvgIpc) is 2.24. The summed E-state index contributed by atoms with van der Waals surface area (Å²) in [5.41, 5.74) is 0.704. The summed E-state index contributed by atoms with van der Waals surface area (Å²) in [6.45, 7) is 9.76. The second-order valence-electron chi connectivity index (χ2n) is 5.50. The average molecular weight is 210 g/mol. The molecule has 1 saturated carbocycles. The van der Waals surface area contributed by atoms with Crippen LogP contribution in [0, 0.1) is 5.41 Å². The number of hydrogen-bond donors (Lipinski definition) is 1. The van der Waals surface area contributed by atoms with Gasteiger partial charge in [0, 0.05) is 32.2 Å². The molecule has 1 aliphatic carbocycles. The molecule has 0 aromatic rings. The first-order chi connectivity index (χ1) is 7.28. The molecule has 2 fully saturated rings. The predicted molar refractivity (Wildman–Crippen MR) is 65.1 cm³/mol. The topological polar surface area (TPSA) is 15.3 Å². The van der Waals surface area contributed by atoms with E-state index in [9.17, 15) is 0 Å². The summed E-state index contributed by atoms with van der Waals surface area (Å²) in [6.07, 6.45) is 7.08. The lowest BCUT2D eigenvalue weighted by molar-refractivity contribution is 0.0479. The molecule has 0 aromatic heterocycles. The van der Waals surface area contributed by atoms with Gasteiger partial charge in [0.25, 0.3) is 0 Å². The molecule has 0 aromatic carbocycles. The largest absolute Gasteiger partial charge is 0.311 e. The van der Waals surface area contributed by atoms with E-state index >= 15 is 0 Å². The number of rotatable bonds is 4. The molecule has 1 atom stereocenters. The van der Waals surface area contributed by atoms with Gasteiger partial charge in [0.2, 0.25) is 0 Å². The SMILES string of the molecule is CCC1CN(CC2(CC)CCC2)CCN1. The second kappa shape index (κ2) is 4.84. The highest BCUT2D eigenvalue weighted by Gasteiger charge is 2.37. The highest BCUT2D eigenvalue weighted by atomic mass is 15.2. The fourth-order valence-corrected chi connectivity index (χ4v) is 3.09. The van der Waals surface area contributed by atoms with E-state index in [1.807, 2.05) is 0 Å². The quantitative estimate of drug-likeness (QED) is 0.765. The van der Waals surface area contributed by atoms with Crippen molar-refractivity contribution in [1.82, 2.24) is 10.2 Å². The van der Waals surface area contributed by atoms with Gasteiger partial charge in [-0.25, -0.2) is 0 Å². The lowest BCUT2D eigenvalue weighted by Gasteiger charge is -2.46. The minimum Gasteiger partial charge on any atom is -0.311 e. The van der Waals surface area contributed by atoms with Crippen molar-refractivity contribution in [2.45, 2.75) is 52.0 Å². The fraction of sp³-hybridized carbons (Fsp3) is 1.00. The number of nitrogens with one attached hydrogen (secondary N) is 1. The normalized spacial score (nSPS) is 31.2. The molecule has 1 aliphatic heterocycles. The van der Waals surface area contributed by atoms with Crippen LogP contribution in [0.25, 0.3) is 0 Å². The standard InChI is InChI=1S/C13H26N2/c1-3-12-10-15(9-8-14-12)11-13(4-2)6-5-7-13/h12,14H,3-11H2,1-2H3. The molecule has 15 heavy (non-hydrogen) atoms. The van der Waals surface area contributed by atoms with Crippen molar-refractivity contribution in [3.05, 3.63) is 0 Å². The van der Waals surface area contributed by atoms with Gasteiger partial charge in [0.05, 0.1) is 0 Å². The third-order valence-electron chi connectivity index (χ3n) is 4.56. The summed E-state index contributed by atoms with van der Waals surface area (Å²) in [6, 6.07) is 0.743. The Bertz CT molecular complexity index is 193. The van der Waals surface area contributed by atoms with E-state index in [0.29, 0.717) is 5.41 Å². The van der Waals surface area contributed by atoms with Crippen molar-refractivity contribution in [1.29, 1.82) is 0 Å². The maximum absolute atomic E-state index is 3.60. The van der Waals surface area contributed by atoms with Gasteiger partial charge in [-0.2, -0.15) is 0 Å². The molecule has 2 rings (SSSR count). The van der Waals surface area contributed by atoms with Crippen LogP contribution in [0.3, 0.4) is 0 Å². The summed E-state index contributed by atoms with van der Waals surface area (Å²) in [5.74, 6) is 0. The summed E-state index contributed by atoms with van der Waals surface area (Å²) in [7, 11) is 0. The van der Waals surface area contributed by atoms with Gasteiger partial charge >= 0.3 is 0 Å². The van der Waals surface area contributed by atoms with Crippen molar-refractivity contribution in [2.24, 2.45) is 5.41 Å². The van der Waals surface area contributed by atoms with Gasteiger partial charge in [-0.15, -0.1) is 0 Å². The fourth-order valence-electron chi connectivity index (χ4n) is 3.09. The zero-order valence-corrected chi connectivity index (χ0v) is 10.4. The van der Waals surface area contributed by atoms with Gasteiger partial charge in [-0.05, 0) is 31.1 Å². The van der Waals surface area contributed by atoms with Gasteiger partial charge < -0.3 is 5.32 Å². The molecular formula is C13H26N2. The molecule has 1 unspecified atom stereocenters. The molecule has 2 heteroatoms. The summed E-state index contributed by atoms with van der Waals surface area (Å²) >= 11 is 0. The van der Waals surface area contributed by atoms with Crippen LogP contribution in [-0.2, 0) is 0 Å². The van der Waals surface area contributed by atoms with Crippen LogP contribution in [0.4, 0.5) is 0 Å². The molecular weight excluding hydrogens is 184 g/mol. The molecule has 0 spiro atoms. The number of piperazine rings is 1. The number of nitrogens with zero attached hydrogens (tertiary/aromatic N) is 1. The van der Waals surface area contributed by atoms with Gasteiger partial charge in [-0.3, -0.25) is 4.90 Å². The predicted octanol–water partition coefficient (Wildman–Crippen LogP) is 2.25. The molecule has 1 heterocycles. The second-order valence-corrected chi connectivity index (χ2v) is 5.50. The van der Waals surface area contributed by atoms with E-state index in [1.165, 1.54) is 58.3 Å². The Kier molecular flexibility index (Phi) is 3.68. The third kappa shape index (κ3) is 2.54. The molecule has 2 nitrogen and oxygen atoms in total. The zero-order valence-electron chi connectivity index (χ0n) is 10.4. The summed E-state index contributed by atoms with van der Waals surface area (Å²) < 4.78 is 0. The minimum absolute atomic E-state index is 0.704. The lowest BCUT2D eigenvalue weighted by atomic mass is 9.66. The first kappa shape index (κ1) is 11.4. The summed E-state index contributed by atoms with van der Waals surface area (Å²) in [4.78, 5) is 2.70. The molecule has 2 aliphatic rings. The molecule has 1 N–H and O–H groups in total. The van der Waals surface area contributed by atoms with Gasteiger partial charge in [-0.1, -0.05) is 20.3 Å². The van der Waals surface area contributed by atoms with Gasteiger partial charge in [0.1, 0.15) is 0 Å². The Labute approximate surface area is 94.4 Å². The van der Waals surface area contributed by atoms with E-state index in [0.717, 1.165) is 6.04 Å². The van der Waals surface area contributed by atoms with Crippen molar-refractivity contribution < 1.29 is 0 Å². The van der Waals surface area contributed by atoms with Crippen molar-refractivity contribution >= 4 is 0 Å². The summed E-state index contributed by atoms with van der Waals surface area (Å²) in [5, 5.41) is 3.60. The molecule has 0 bridgehead atoms. The maximum Gasteiger partial charge on any atom is 0.0192 e. The van der Waals surface area contributed by atoms with Crippen LogP contribution in [0.1, 0.15) is 46.0 Å². The van der Waals surface area contributed by atoms with E-state index in [2.05, 4.69) is 24.1 Å². The molecule has 1 saturated heterocycles. The third-order valence-corrected chi connectivity index (χ3v) is 4.56. The molecule has 0 radical (unpaired) electrons. The highest BCUT2D eigenvalue weighted by Crippen LogP contribution is 2.44. The van der Waals surface area contributed by atoms with Crippen molar-refractivity contribution in [3.8, 4) is 0 Å². The molecule has 88 valence electrons. The van der Waals surface area contributed by atoms with E-state index in [-0.39, 0.29) is 0 Å². The maximum atomic E-state index is 3.60.